The van der Waals surface area contributed by atoms with Crippen molar-refractivity contribution < 1.29 is 24.2 Å². The zero-order chi connectivity index (χ0) is 24.0. The maximum absolute atomic E-state index is 12.6. The van der Waals surface area contributed by atoms with Crippen molar-refractivity contribution in [2.24, 2.45) is 5.41 Å². The van der Waals surface area contributed by atoms with Gasteiger partial charge in [0.15, 0.2) is 0 Å². The van der Waals surface area contributed by atoms with Crippen LogP contribution in [0.3, 0.4) is 0 Å². The van der Waals surface area contributed by atoms with Crippen molar-refractivity contribution >= 4 is 18.0 Å². The fourth-order valence-corrected chi connectivity index (χ4v) is 4.07. The van der Waals surface area contributed by atoms with Crippen LogP contribution < -0.4 is 10.6 Å². The van der Waals surface area contributed by atoms with Crippen LogP contribution in [0, 0.1) is 5.41 Å². The standard InChI is InChI=1S/C26H32N2O5/c1-4-9-22(23(29)27-15-14-26(2,3)24(30)31)28-25(32)33-16-21-19-12-7-5-10-17(19)18-11-6-8-13-20(18)21/h5-8,10-13,21-22H,4,9,14-16H2,1-3H3,(H,27,29)(H,28,32)(H,30,31)/t22-/m0/s1. The molecule has 7 nitrogen and oxygen atoms in total. The van der Waals surface area contributed by atoms with Gasteiger partial charge in [0.2, 0.25) is 5.91 Å². The van der Waals surface area contributed by atoms with Crippen molar-refractivity contribution in [3.05, 3.63) is 59.7 Å². The second kappa shape index (κ2) is 10.5. The fraction of sp³-hybridized carbons (Fsp3) is 0.423. The molecular formula is C26H32N2O5. The van der Waals surface area contributed by atoms with Gasteiger partial charge >= 0.3 is 12.1 Å². The van der Waals surface area contributed by atoms with Gasteiger partial charge in [-0.05, 0) is 48.9 Å². The average Bonchev–Trinajstić information content (AvgIpc) is 3.11. The second-order valence-corrected chi connectivity index (χ2v) is 9.04. The topological polar surface area (TPSA) is 105 Å². The number of hydrogen-bond acceptors (Lipinski definition) is 4. The summed E-state index contributed by atoms with van der Waals surface area (Å²) in [6, 6.07) is 15.5. The van der Waals surface area contributed by atoms with E-state index in [4.69, 9.17) is 4.74 Å². The molecule has 7 heteroatoms. The normalized spacial score (nSPS) is 13.5. The molecule has 1 atom stereocenters. The van der Waals surface area contributed by atoms with Crippen molar-refractivity contribution in [3.8, 4) is 11.1 Å². The first-order valence-corrected chi connectivity index (χ1v) is 11.4. The predicted octanol–water partition coefficient (Wildman–Crippen LogP) is 4.31. The number of ether oxygens (including phenoxy) is 1. The number of rotatable bonds is 10. The van der Waals surface area contributed by atoms with Gasteiger partial charge in [0.05, 0.1) is 5.41 Å². The van der Waals surface area contributed by atoms with Crippen molar-refractivity contribution in [1.82, 2.24) is 10.6 Å². The molecule has 0 saturated heterocycles. The van der Waals surface area contributed by atoms with E-state index >= 15 is 0 Å². The number of carbonyl (C=O) groups excluding carboxylic acids is 2. The highest BCUT2D eigenvalue weighted by atomic mass is 16.5. The minimum atomic E-state index is -0.937. The highest BCUT2D eigenvalue weighted by Crippen LogP contribution is 2.44. The molecule has 0 fully saturated rings. The number of hydrogen-bond donors (Lipinski definition) is 3. The van der Waals surface area contributed by atoms with Gasteiger partial charge in [-0.3, -0.25) is 9.59 Å². The van der Waals surface area contributed by atoms with Crippen LogP contribution in [0.1, 0.15) is 57.1 Å². The largest absolute Gasteiger partial charge is 0.481 e. The van der Waals surface area contributed by atoms with E-state index in [1.54, 1.807) is 13.8 Å². The Morgan fingerprint density at radius 2 is 1.61 bits per heavy atom. The third kappa shape index (κ3) is 5.72. The van der Waals surface area contributed by atoms with E-state index in [0.29, 0.717) is 12.8 Å². The van der Waals surface area contributed by atoms with Gasteiger partial charge in [-0.15, -0.1) is 0 Å². The van der Waals surface area contributed by atoms with E-state index in [1.807, 2.05) is 43.3 Å². The van der Waals surface area contributed by atoms with E-state index in [1.165, 1.54) is 0 Å². The molecule has 0 heterocycles. The number of benzene rings is 2. The summed E-state index contributed by atoms with van der Waals surface area (Å²) in [6.07, 6.45) is 0.801. The number of carbonyl (C=O) groups is 3. The molecule has 0 unspecified atom stereocenters. The molecule has 0 bridgehead atoms. The molecule has 1 aliphatic carbocycles. The monoisotopic (exact) mass is 452 g/mol. The Bertz CT molecular complexity index is 972. The van der Waals surface area contributed by atoms with Gasteiger partial charge in [0.25, 0.3) is 0 Å². The Kier molecular flexibility index (Phi) is 7.74. The van der Waals surface area contributed by atoms with Crippen LogP contribution in [0.2, 0.25) is 0 Å². The average molecular weight is 453 g/mol. The maximum atomic E-state index is 12.6. The van der Waals surface area contributed by atoms with Gasteiger partial charge in [0.1, 0.15) is 12.6 Å². The van der Waals surface area contributed by atoms with E-state index in [0.717, 1.165) is 22.3 Å². The number of carboxylic acids is 1. The van der Waals surface area contributed by atoms with Crippen LogP contribution in [0.5, 0.6) is 0 Å². The Morgan fingerprint density at radius 1 is 1.03 bits per heavy atom. The van der Waals surface area contributed by atoms with E-state index in [-0.39, 0.29) is 31.4 Å². The Balaban J connectivity index is 1.57. The highest BCUT2D eigenvalue weighted by Gasteiger charge is 2.30. The van der Waals surface area contributed by atoms with Gasteiger partial charge in [-0.25, -0.2) is 4.79 Å². The second-order valence-electron chi connectivity index (χ2n) is 9.04. The summed E-state index contributed by atoms with van der Waals surface area (Å²) in [5, 5.41) is 14.6. The van der Waals surface area contributed by atoms with Crippen LogP contribution in [-0.4, -0.2) is 42.3 Å². The molecule has 2 amide bonds. The molecule has 2 aromatic carbocycles. The molecule has 3 N–H and O–H groups in total. The summed E-state index contributed by atoms with van der Waals surface area (Å²) in [5.41, 5.74) is 3.60. The summed E-state index contributed by atoms with van der Waals surface area (Å²) >= 11 is 0. The minimum Gasteiger partial charge on any atom is -0.481 e. The summed E-state index contributed by atoms with van der Waals surface area (Å²) < 4.78 is 5.55. The van der Waals surface area contributed by atoms with Gasteiger partial charge < -0.3 is 20.5 Å². The first-order valence-electron chi connectivity index (χ1n) is 11.4. The highest BCUT2D eigenvalue weighted by molar-refractivity contribution is 5.85. The van der Waals surface area contributed by atoms with Crippen LogP contribution in [-0.2, 0) is 14.3 Å². The lowest BCUT2D eigenvalue weighted by molar-refractivity contribution is -0.147. The molecule has 0 aromatic heterocycles. The predicted molar refractivity (Wildman–Crippen MR) is 126 cm³/mol. The lowest BCUT2D eigenvalue weighted by atomic mass is 9.89. The zero-order valence-electron chi connectivity index (χ0n) is 19.4. The Hall–Kier alpha value is -3.35. The first-order chi connectivity index (χ1) is 15.7. The van der Waals surface area contributed by atoms with E-state index in [9.17, 15) is 19.5 Å². The number of alkyl carbamates (subject to hydrolysis) is 1. The smallest absolute Gasteiger partial charge is 0.407 e. The summed E-state index contributed by atoms with van der Waals surface area (Å²) in [4.78, 5) is 36.4. The summed E-state index contributed by atoms with van der Waals surface area (Å²) in [7, 11) is 0. The molecule has 0 aliphatic heterocycles. The van der Waals surface area contributed by atoms with Gasteiger partial charge in [-0.2, -0.15) is 0 Å². The van der Waals surface area contributed by atoms with Crippen LogP contribution >= 0.6 is 0 Å². The Labute approximate surface area is 194 Å². The number of aliphatic carboxylic acids is 1. The van der Waals surface area contributed by atoms with Gasteiger partial charge in [0, 0.05) is 12.5 Å². The van der Waals surface area contributed by atoms with Crippen molar-refractivity contribution in [2.45, 2.75) is 52.0 Å². The number of carboxylic acid groups (broad SMARTS) is 1. The molecule has 33 heavy (non-hydrogen) atoms. The molecule has 0 saturated carbocycles. The van der Waals surface area contributed by atoms with Crippen molar-refractivity contribution in [2.75, 3.05) is 13.2 Å². The molecular weight excluding hydrogens is 420 g/mol. The molecule has 1 aliphatic rings. The molecule has 0 spiro atoms. The quantitative estimate of drug-likeness (QED) is 0.498. The Morgan fingerprint density at radius 3 is 2.15 bits per heavy atom. The van der Waals surface area contributed by atoms with Gasteiger partial charge in [-0.1, -0.05) is 61.9 Å². The number of nitrogens with one attached hydrogen (secondary N) is 2. The summed E-state index contributed by atoms with van der Waals surface area (Å²) in [5.74, 6) is -1.31. The van der Waals surface area contributed by atoms with Crippen molar-refractivity contribution in [3.63, 3.8) is 0 Å². The van der Waals surface area contributed by atoms with Crippen LogP contribution in [0.25, 0.3) is 11.1 Å². The van der Waals surface area contributed by atoms with Crippen LogP contribution in [0.4, 0.5) is 4.79 Å². The van der Waals surface area contributed by atoms with Crippen LogP contribution in [0.15, 0.2) is 48.5 Å². The molecule has 0 radical (unpaired) electrons. The third-order valence-electron chi connectivity index (χ3n) is 6.16. The van der Waals surface area contributed by atoms with E-state index in [2.05, 4.69) is 22.8 Å². The number of fused-ring (bicyclic) bond motifs is 3. The lowest BCUT2D eigenvalue weighted by Crippen LogP contribution is -2.47. The minimum absolute atomic E-state index is 0.0557. The lowest BCUT2D eigenvalue weighted by Gasteiger charge is -2.22. The van der Waals surface area contributed by atoms with Crippen molar-refractivity contribution in [1.29, 1.82) is 0 Å². The number of amides is 2. The molecule has 176 valence electrons. The molecule has 3 rings (SSSR count). The molecule has 2 aromatic rings. The fourth-order valence-electron chi connectivity index (χ4n) is 4.07. The maximum Gasteiger partial charge on any atom is 0.407 e. The third-order valence-corrected chi connectivity index (χ3v) is 6.16. The zero-order valence-corrected chi connectivity index (χ0v) is 19.4. The van der Waals surface area contributed by atoms with E-state index < -0.39 is 23.5 Å². The summed E-state index contributed by atoms with van der Waals surface area (Å²) in [6.45, 7) is 5.53. The SMILES string of the molecule is CCC[C@H](NC(=O)OCC1c2ccccc2-c2ccccc21)C(=O)NCCC(C)(C)C(=O)O. The first kappa shape index (κ1) is 24.3.